The lowest BCUT2D eigenvalue weighted by Crippen LogP contribution is -2.07. The minimum absolute atomic E-state index is 0.00611. The number of benzene rings is 1. The molecule has 0 bridgehead atoms. The summed E-state index contributed by atoms with van der Waals surface area (Å²) in [6.07, 6.45) is 0. The van der Waals surface area contributed by atoms with E-state index >= 15 is 0 Å². The molecule has 1 aromatic heterocycles. The van der Waals surface area contributed by atoms with E-state index < -0.39 is 15.0 Å². The molecule has 8 heteroatoms. The van der Waals surface area contributed by atoms with Crippen LogP contribution in [0.15, 0.2) is 23.1 Å². The van der Waals surface area contributed by atoms with E-state index in [2.05, 4.69) is 4.74 Å². The van der Waals surface area contributed by atoms with E-state index in [0.29, 0.717) is 10.1 Å². The number of methoxy groups -OCH3 is 1. The number of ether oxygens (including phenoxy) is 1. The molecule has 1 heterocycles. The predicted octanol–water partition coefficient (Wildman–Crippen LogP) is 2.68. The summed E-state index contributed by atoms with van der Waals surface area (Å²) < 4.78 is 28.7. The zero-order valence-corrected chi connectivity index (χ0v) is 13.4. The van der Waals surface area contributed by atoms with Crippen molar-refractivity contribution >= 4 is 52.8 Å². The lowest BCUT2D eigenvalue weighted by molar-refractivity contribution is 0.0602. The highest BCUT2D eigenvalue weighted by Crippen LogP contribution is 2.38. The number of nitrogens with zero attached hydrogens (tertiary/aromatic N) is 1. The number of thiophene rings is 1. The lowest BCUT2D eigenvalue weighted by atomic mass is 10.2. The first-order valence-electron chi connectivity index (χ1n) is 5.52. The van der Waals surface area contributed by atoms with Crippen molar-refractivity contribution in [2.45, 2.75) is 4.90 Å². The Hall–Kier alpha value is -1.31. The first-order valence-corrected chi connectivity index (χ1v) is 8.65. The molecule has 1 aromatic carbocycles. The number of hydrogen-bond acceptors (Lipinski definition) is 6. The summed E-state index contributed by atoms with van der Waals surface area (Å²) in [5.41, 5.74) is 0.897. The topological polar surface area (TPSA) is 63.7 Å². The van der Waals surface area contributed by atoms with Crippen molar-refractivity contribution in [3.05, 3.63) is 23.1 Å². The van der Waals surface area contributed by atoms with Crippen molar-refractivity contribution in [1.82, 2.24) is 0 Å². The van der Waals surface area contributed by atoms with Gasteiger partial charge in [-0.3, -0.25) is 0 Å². The molecule has 0 aliphatic carbocycles. The van der Waals surface area contributed by atoms with Gasteiger partial charge in [0.05, 0.1) is 7.11 Å². The van der Waals surface area contributed by atoms with Crippen molar-refractivity contribution < 1.29 is 17.9 Å². The Morgan fingerprint density at radius 2 is 2.00 bits per heavy atom. The SMILES string of the molecule is COC(=O)c1sc2cc(N(C)C)ccc2c1S(=O)(=O)Cl. The van der Waals surface area contributed by atoms with Crippen molar-refractivity contribution in [1.29, 1.82) is 0 Å². The van der Waals surface area contributed by atoms with Gasteiger partial charge >= 0.3 is 5.97 Å². The van der Waals surface area contributed by atoms with Gasteiger partial charge in [0.1, 0.15) is 9.77 Å². The zero-order chi connectivity index (χ0) is 15.1. The van der Waals surface area contributed by atoms with E-state index in [9.17, 15) is 13.2 Å². The average molecular weight is 334 g/mol. The molecule has 0 spiro atoms. The van der Waals surface area contributed by atoms with Crippen molar-refractivity contribution in [3.63, 3.8) is 0 Å². The van der Waals surface area contributed by atoms with Crippen LogP contribution in [0, 0.1) is 0 Å². The van der Waals surface area contributed by atoms with Crippen molar-refractivity contribution in [2.75, 3.05) is 26.1 Å². The molecule has 0 radical (unpaired) electrons. The standard InChI is InChI=1S/C12H12ClNO4S2/c1-14(2)7-4-5-8-9(6-7)19-10(12(15)18-3)11(8)20(13,16)17/h4-6H,1-3H3. The van der Waals surface area contributed by atoms with Crippen LogP contribution < -0.4 is 4.90 Å². The monoisotopic (exact) mass is 333 g/mol. The Labute approximate surface area is 125 Å². The van der Waals surface area contributed by atoms with Gasteiger partial charge in [-0.05, 0) is 12.1 Å². The Morgan fingerprint density at radius 3 is 2.50 bits per heavy atom. The number of halogens is 1. The molecule has 0 atom stereocenters. The molecule has 0 unspecified atom stereocenters. The van der Waals surface area contributed by atoms with Crippen LogP contribution in [-0.4, -0.2) is 35.6 Å². The van der Waals surface area contributed by atoms with E-state index in [1.807, 2.05) is 19.0 Å². The van der Waals surface area contributed by atoms with Crippen LogP contribution in [0.4, 0.5) is 5.69 Å². The van der Waals surface area contributed by atoms with Gasteiger partial charge < -0.3 is 9.64 Å². The van der Waals surface area contributed by atoms with Gasteiger partial charge in [-0.1, -0.05) is 6.07 Å². The maximum atomic E-state index is 11.7. The van der Waals surface area contributed by atoms with Crippen LogP contribution in [0.25, 0.3) is 10.1 Å². The Balaban J connectivity index is 2.82. The van der Waals surface area contributed by atoms with Gasteiger partial charge in [-0.15, -0.1) is 11.3 Å². The second kappa shape index (κ2) is 5.23. The molecule has 20 heavy (non-hydrogen) atoms. The fourth-order valence-corrected chi connectivity index (χ4v) is 4.74. The molecule has 2 aromatic rings. The molecule has 0 aliphatic heterocycles. The summed E-state index contributed by atoms with van der Waals surface area (Å²) in [5, 5.41) is 0.427. The Bertz CT molecular complexity index is 780. The molecule has 0 saturated heterocycles. The van der Waals surface area contributed by atoms with Gasteiger partial charge in [-0.25, -0.2) is 13.2 Å². The third-order valence-corrected chi connectivity index (χ3v) is 5.40. The number of esters is 1. The number of anilines is 1. The van der Waals surface area contributed by atoms with Crippen LogP contribution in [0.3, 0.4) is 0 Å². The molecule has 0 amide bonds. The Kier molecular flexibility index (Phi) is 3.95. The van der Waals surface area contributed by atoms with E-state index in [1.165, 1.54) is 7.11 Å². The molecule has 108 valence electrons. The molecule has 0 N–H and O–H groups in total. The maximum absolute atomic E-state index is 11.7. The maximum Gasteiger partial charge on any atom is 0.349 e. The highest BCUT2D eigenvalue weighted by Gasteiger charge is 2.27. The fourth-order valence-electron chi connectivity index (χ4n) is 1.81. The van der Waals surface area contributed by atoms with Crippen molar-refractivity contribution in [3.8, 4) is 0 Å². The van der Waals surface area contributed by atoms with Gasteiger partial charge in [0, 0.05) is 40.6 Å². The summed E-state index contributed by atoms with van der Waals surface area (Å²) in [6, 6.07) is 5.21. The van der Waals surface area contributed by atoms with Gasteiger partial charge in [-0.2, -0.15) is 0 Å². The smallest absolute Gasteiger partial charge is 0.349 e. The van der Waals surface area contributed by atoms with E-state index in [0.717, 1.165) is 17.0 Å². The van der Waals surface area contributed by atoms with Gasteiger partial charge in [0.25, 0.3) is 9.05 Å². The molecular weight excluding hydrogens is 322 g/mol. The number of carbonyl (C=O) groups is 1. The summed E-state index contributed by atoms with van der Waals surface area (Å²) in [6.45, 7) is 0. The molecule has 0 aliphatic rings. The molecule has 0 fully saturated rings. The number of rotatable bonds is 3. The van der Waals surface area contributed by atoms with Crippen LogP contribution in [-0.2, 0) is 13.8 Å². The predicted molar refractivity (Wildman–Crippen MR) is 80.5 cm³/mol. The number of carbonyl (C=O) groups excluding carboxylic acids is 1. The lowest BCUT2D eigenvalue weighted by Gasteiger charge is -2.11. The van der Waals surface area contributed by atoms with Crippen LogP contribution in [0.5, 0.6) is 0 Å². The number of hydrogen-bond donors (Lipinski definition) is 0. The van der Waals surface area contributed by atoms with Crippen LogP contribution >= 0.6 is 22.0 Å². The van der Waals surface area contributed by atoms with E-state index in [-0.39, 0.29) is 9.77 Å². The number of fused-ring (bicyclic) bond motifs is 1. The quantitative estimate of drug-likeness (QED) is 0.638. The first kappa shape index (κ1) is 15.1. The van der Waals surface area contributed by atoms with Gasteiger partial charge in [0.2, 0.25) is 0 Å². The van der Waals surface area contributed by atoms with E-state index in [1.54, 1.807) is 18.2 Å². The summed E-state index contributed by atoms with van der Waals surface area (Å²) in [5.74, 6) is -0.711. The highest BCUT2D eigenvalue weighted by atomic mass is 35.7. The van der Waals surface area contributed by atoms with Gasteiger partial charge in [0.15, 0.2) is 0 Å². The summed E-state index contributed by atoms with van der Waals surface area (Å²) in [4.78, 5) is 13.4. The summed E-state index contributed by atoms with van der Waals surface area (Å²) in [7, 11) is 6.35. The largest absolute Gasteiger partial charge is 0.465 e. The third-order valence-electron chi connectivity index (χ3n) is 2.76. The second-order valence-electron chi connectivity index (χ2n) is 4.26. The first-order chi connectivity index (χ1) is 9.25. The van der Waals surface area contributed by atoms with Crippen LogP contribution in [0.1, 0.15) is 9.67 Å². The normalized spacial score (nSPS) is 11.6. The third kappa shape index (κ3) is 2.61. The molecular formula is C12H12ClNO4S2. The molecule has 0 saturated carbocycles. The van der Waals surface area contributed by atoms with Crippen LogP contribution in [0.2, 0.25) is 0 Å². The summed E-state index contributed by atoms with van der Waals surface area (Å²) >= 11 is 1.05. The molecule has 2 rings (SSSR count). The minimum atomic E-state index is -4.04. The zero-order valence-electron chi connectivity index (χ0n) is 11.0. The average Bonchev–Trinajstić information content (AvgIpc) is 2.75. The molecule has 5 nitrogen and oxygen atoms in total. The Morgan fingerprint density at radius 1 is 1.35 bits per heavy atom. The van der Waals surface area contributed by atoms with Crippen molar-refractivity contribution in [2.24, 2.45) is 0 Å². The minimum Gasteiger partial charge on any atom is -0.465 e. The second-order valence-corrected chi connectivity index (χ2v) is 7.82. The van der Waals surface area contributed by atoms with E-state index in [4.69, 9.17) is 10.7 Å². The fraction of sp³-hybridized carbons (Fsp3) is 0.250. The highest BCUT2D eigenvalue weighted by molar-refractivity contribution is 8.14.